The number of rotatable bonds is 8. The van der Waals surface area contributed by atoms with E-state index in [9.17, 15) is 28.2 Å². The Hall–Kier alpha value is -3.42. The molecular weight excluding hydrogens is 443 g/mol. The average molecular weight is 470 g/mol. The molecule has 0 heterocycles. The number of aliphatic hydroxyl groups is 1. The second-order valence-corrected chi connectivity index (χ2v) is 8.29. The summed E-state index contributed by atoms with van der Waals surface area (Å²) in [6.07, 6.45) is -1.47. The maximum atomic E-state index is 13.6. The van der Waals surface area contributed by atoms with Gasteiger partial charge in [-0.2, -0.15) is 13.2 Å². The van der Waals surface area contributed by atoms with Crippen molar-refractivity contribution in [2.45, 2.75) is 32.1 Å². The van der Waals surface area contributed by atoms with Crippen molar-refractivity contribution in [3.63, 3.8) is 0 Å². The molecule has 1 atom stereocenters. The van der Waals surface area contributed by atoms with Crippen molar-refractivity contribution in [1.29, 1.82) is 0 Å². The van der Waals surface area contributed by atoms with Crippen LogP contribution in [0.25, 0.3) is 23.3 Å². The highest BCUT2D eigenvalue weighted by atomic mass is 19.4. The standard InChI is InChI=1S/C27H26F3NO3/c1-18-20(9-6-10-23(18)21-7-4-3-5-8-21)12-13-22-15-19(11-14-24(22)27(28,29)30)16-31-26(2,17-32)25(33)34/h3-15,31-32H,16-17H2,1-2H3,(H,33,34)/b13-12+/t26-/m0/s1. The Bertz CT molecular complexity index is 1190. The molecule has 0 radical (unpaired) electrons. The van der Waals surface area contributed by atoms with Crippen LogP contribution in [0, 0.1) is 6.92 Å². The van der Waals surface area contributed by atoms with E-state index in [1.165, 1.54) is 25.1 Å². The first-order chi connectivity index (χ1) is 16.0. The fraction of sp³-hybridized carbons (Fsp3) is 0.222. The fourth-order valence-corrected chi connectivity index (χ4v) is 3.56. The number of halogens is 3. The molecule has 3 N–H and O–H groups in total. The second-order valence-electron chi connectivity index (χ2n) is 8.29. The van der Waals surface area contributed by atoms with Gasteiger partial charge in [-0.25, -0.2) is 0 Å². The summed E-state index contributed by atoms with van der Waals surface area (Å²) in [6, 6.07) is 19.1. The molecule has 0 aliphatic heterocycles. The molecule has 0 saturated heterocycles. The highest BCUT2D eigenvalue weighted by Gasteiger charge is 2.34. The van der Waals surface area contributed by atoms with E-state index in [0.29, 0.717) is 5.56 Å². The molecule has 0 fully saturated rings. The van der Waals surface area contributed by atoms with Gasteiger partial charge >= 0.3 is 12.1 Å². The van der Waals surface area contributed by atoms with E-state index in [4.69, 9.17) is 0 Å². The van der Waals surface area contributed by atoms with E-state index in [1.807, 2.05) is 55.5 Å². The predicted molar refractivity (Wildman–Crippen MR) is 127 cm³/mol. The Kier molecular flexibility index (Phi) is 7.59. The molecule has 0 aliphatic rings. The molecule has 3 rings (SSSR count). The molecular formula is C27H26F3NO3. The van der Waals surface area contributed by atoms with E-state index in [0.717, 1.165) is 28.3 Å². The fourth-order valence-electron chi connectivity index (χ4n) is 3.56. The molecule has 0 aliphatic carbocycles. The zero-order valence-electron chi connectivity index (χ0n) is 18.9. The average Bonchev–Trinajstić information content (AvgIpc) is 2.81. The van der Waals surface area contributed by atoms with E-state index in [2.05, 4.69) is 5.32 Å². The Morgan fingerprint density at radius 3 is 2.26 bits per heavy atom. The molecule has 0 amide bonds. The molecule has 34 heavy (non-hydrogen) atoms. The SMILES string of the molecule is Cc1c(/C=C/c2cc(CN[C@@](C)(CO)C(=O)O)ccc2C(F)(F)F)cccc1-c1ccccc1. The van der Waals surface area contributed by atoms with Crippen LogP contribution in [0.1, 0.15) is 34.7 Å². The maximum absolute atomic E-state index is 13.6. The summed E-state index contributed by atoms with van der Waals surface area (Å²) in [6.45, 7) is 2.55. The number of aliphatic carboxylic acids is 1. The van der Waals surface area contributed by atoms with E-state index in [1.54, 1.807) is 6.08 Å². The third-order valence-corrected chi connectivity index (χ3v) is 5.80. The number of hydrogen-bond donors (Lipinski definition) is 3. The number of hydrogen-bond acceptors (Lipinski definition) is 3. The Morgan fingerprint density at radius 2 is 1.65 bits per heavy atom. The van der Waals surface area contributed by atoms with Crippen molar-refractivity contribution in [3.05, 3.63) is 94.5 Å². The van der Waals surface area contributed by atoms with Gasteiger partial charge in [0.05, 0.1) is 12.2 Å². The van der Waals surface area contributed by atoms with Gasteiger partial charge in [-0.3, -0.25) is 10.1 Å². The molecule has 7 heteroatoms. The number of carbonyl (C=O) groups is 1. The highest BCUT2D eigenvalue weighted by Crippen LogP contribution is 2.34. The lowest BCUT2D eigenvalue weighted by Gasteiger charge is -2.24. The zero-order valence-corrected chi connectivity index (χ0v) is 18.9. The van der Waals surface area contributed by atoms with Gasteiger partial charge in [0.1, 0.15) is 5.54 Å². The summed E-state index contributed by atoms with van der Waals surface area (Å²) in [5, 5.41) is 21.4. The van der Waals surface area contributed by atoms with Gasteiger partial charge in [0, 0.05) is 6.54 Å². The smallest absolute Gasteiger partial charge is 0.416 e. The monoisotopic (exact) mass is 469 g/mol. The number of benzene rings is 3. The van der Waals surface area contributed by atoms with E-state index >= 15 is 0 Å². The largest absolute Gasteiger partial charge is 0.480 e. The van der Waals surface area contributed by atoms with Crippen molar-refractivity contribution in [2.75, 3.05) is 6.61 Å². The summed E-state index contributed by atoms with van der Waals surface area (Å²) in [7, 11) is 0. The summed E-state index contributed by atoms with van der Waals surface area (Å²) >= 11 is 0. The van der Waals surface area contributed by atoms with Crippen LogP contribution >= 0.6 is 0 Å². The zero-order chi connectivity index (χ0) is 24.9. The maximum Gasteiger partial charge on any atom is 0.416 e. The Labute approximate surface area is 196 Å². The lowest BCUT2D eigenvalue weighted by atomic mass is 9.95. The lowest BCUT2D eigenvalue weighted by molar-refractivity contribution is -0.146. The van der Waals surface area contributed by atoms with Gasteiger partial charge in [-0.05, 0) is 59.4 Å². The number of aliphatic hydroxyl groups excluding tert-OH is 1. The quantitative estimate of drug-likeness (QED) is 0.366. The molecule has 0 saturated carbocycles. The summed E-state index contributed by atoms with van der Waals surface area (Å²) < 4.78 is 40.9. The van der Waals surface area contributed by atoms with E-state index < -0.39 is 29.9 Å². The topological polar surface area (TPSA) is 69.6 Å². The van der Waals surface area contributed by atoms with Gasteiger partial charge < -0.3 is 10.2 Å². The number of nitrogens with one attached hydrogen (secondary N) is 1. The molecule has 0 spiro atoms. The highest BCUT2D eigenvalue weighted by molar-refractivity contribution is 5.79. The van der Waals surface area contributed by atoms with Crippen LogP contribution in [-0.2, 0) is 17.5 Å². The predicted octanol–water partition coefficient (Wildman–Crippen LogP) is 5.78. The van der Waals surface area contributed by atoms with Crippen molar-refractivity contribution >= 4 is 18.1 Å². The van der Waals surface area contributed by atoms with Crippen LogP contribution in [-0.4, -0.2) is 28.3 Å². The number of carboxylic acid groups (broad SMARTS) is 1. The normalized spacial score (nSPS) is 13.7. The van der Waals surface area contributed by atoms with Gasteiger partial charge in [0.25, 0.3) is 0 Å². The van der Waals surface area contributed by atoms with Gasteiger partial charge in [-0.15, -0.1) is 0 Å². The number of carboxylic acids is 1. The molecule has 0 unspecified atom stereocenters. The third-order valence-electron chi connectivity index (χ3n) is 5.80. The molecule has 0 bridgehead atoms. The van der Waals surface area contributed by atoms with Crippen LogP contribution in [0.3, 0.4) is 0 Å². The second kappa shape index (κ2) is 10.2. The van der Waals surface area contributed by atoms with Crippen molar-refractivity contribution in [1.82, 2.24) is 5.32 Å². The molecule has 178 valence electrons. The van der Waals surface area contributed by atoms with Gasteiger partial charge in [-0.1, -0.05) is 66.7 Å². The van der Waals surface area contributed by atoms with Gasteiger partial charge in [0.2, 0.25) is 0 Å². The Morgan fingerprint density at radius 1 is 0.971 bits per heavy atom. The van der Waals surface area contributed by atoms with Crippen LogP contribution in [0.5, 0.6) is 0 Å². The van der Waals surface area contributed by atoms with E-state index in [-0.39, 0.29) is 12.1 Å². The van der Waals surface area contributed by atoms with Crippen molar-refractivity contribution in [2.24, 2.45) is 0 Å². The molecule has 3 aromatic rings. The number of alkyl halides is 3. The summed E-state index contributed by atoms with van der Waals surface area (Å²) in [5.74, 6) is -1.25. The van der Waals surface area contributed by atoms with Crippen LogP contribution in [0.2, 0.25) is 0 Å². The minimum atomic E-state index is -4.55. The first kappa shape index (κ1) is 25.2. The minimum Gasteiger partial charge on any atom is -0.480 e. The van der Waals surface area contributed by atoms with Crippen LogP contribution in [0.15, 0.2) is 66.7 Å². The molecule has 4 nitrogen and oxygen atoms in total. The first-order valence-corrected chi connectivity index (χ1v) is 10.7. The lowest BCUT2D eigenvalue weighted by Crippen LogP contribution is -2.52. The molecule has 0 aromatic heterocycles. The van der Waals surface area contributed by atoms with Crippen molar-refractivity contribution < 1.29 is 28.2 Å². The Balaban J connectivity index is 1.95. The minimum absolute atomic E-state index is 0.0230. The van der Waals surface area contributed by atoms with Crippen molar-refractivity contribution in [3.8, 4) is 11.1 Å². The van der Waals surface area contributed by atoms with Crippen LogP contribution < -0.4 is 5.32 Å². The van der Waals surface area contributed by atoms with Gasteiger partial charge in [0.15, 0.2) is 0 Å². The third kappa shape index (κ3) is 5.73. The molecule has 3 aromatic carbocycles. The first-order valence-electron chi connectivity index (χ1n) is 10.7. The van der Waals surface area contributed by atoms with Crippen LogP contribution in [0.4, 0.5) is 13.2 Å². The summed E-state index contributed by atoms with van der Waals surface area (Å²) in [5.41, 5.74) is 1.79. The summed E-state index contributed by atoms with van der Waals surface area (Å²) in [4.78, 5) is 11.4.